The summed E-state index contributed by atoms with van der Waals surface area (Å²) in [6.07, 6.45) is 5.04. The number of rotatable bonds is 5. The van der Waals surface area contributed by atoms with Crippen molar-refractivity contribution in [3.8, 4) is 12.3 Å². The highest BCUT2D eigenvalue weighted by molar-refractivity contribution is 5.81. The Kier molecular flexibility index (Phi) is 5.18. The van der Waals surface area contributed by atoms with E-state index in [4.69, 9.17) is 6.42 Å². The number of halogens is 1. The van der Waals surface area contributed by atoms with E-state index in [0.29, 0.717) is 6.54 Å². The van der Waals surface area contributed by atoms with Crippen LogP contribution in [0.25, 0.3) is 0 Å². The fraction of sp³-hybridized carbons (Fsp3) is 0.308. The largest absolute Gasteiger partial charge is 0.344 e. The van der Waals surface area contributed by atoms with Gasteiger partial charge in [-0.2, -0.15) is 0 Å². The molecule has 1 aromatic rings. The minimum absolute atomic E-state index is 0.148. The molecule has 1 aromatic carbocycles. The van der Waals surface area contributed by atoms with Gasteiger partial charge in [-0.1, -0.05) is 18.1 Å². The topological polar surface area (TPSA) is 41.1 Å². The number of nitrogens with one attached hydrogen (secondary N) is 2. The third-order valence-electron chi connectivity index (χ3n) is 2.28. The van der Waals surface area contributed by atoms with Crippen LogP contribution in [0.4, 0.5) is 4.39 Å². The normalized spacial score (nSPS) is 11.6. The Balaban J connectivity index is 2.37. The monoisotopic (exact) mass is 234 g/mol. The molecule has 0 aliphatic heterocycles. The molecule has 0 spiro atoms. The average molecular weight is 234 g/mol. The maximum Gasteiger partial charge on any atom is 0.237 e. The molecule has 0 bridgehead atoms. The van der Waals surface area contributed by atoms with Gasteiger partial charge in [0.2, 0.25) is 5.91 Å². The summed E-state index contributed by atoms with van der Waals surface area (Å²) < 4.78 is 12.6. The van der Waals surface area contributed by atoms with E-state index in [1.807, 2.05) is 0 Å². The third-order valence-corrected chi connectivity index (χ3v) is 2.28. The van der Waals surface area contributed by atoms with Gasteiger partial charge in [0.1, 0.15) is 5.82 Å². The summed E-state index contributed by atoms with van der Waals surface area (Å²) in [6, 6.07) is 5.79. The quantitative estimate of drug-likeness (QED) is 0.748. The first-order chi connectivity index (χ1) is 8.13. The lowest BCUT2D eigenvalue weighted by atomic mass is 10.2. The van der Waals surface area contributed by atoms with E-state index in [-0.39, 0.29) is 24.3 Å². The number of hydrogen-bond acceptors (Lipinski definition) is 2. The summed E-state index contributed by atoms with van der Waals surface area (Å²) in [6.45, 7) is 2.47. The van der Waals surface area contributed by atoms with Crippen molar-refractivity contribution in [2.45, 2.75) is 19.5 Å². The Bertz CT molecular complexity index is 408. The minimum atomic E-state index is -0.339. The molecule has 1 atom stereocenters. The van der Waals surface area contributed by atoms with Crippen LogP contribution >= 0.6 is 0 Å². The van der Waals surface area contributed by atoms with Gasteiger partial charge in [-0.3, -0.25) is 4.79 Å². The molecule has 1 amide bonds. The molecule has 0 aliphatic rings. The molecule has 90 valence electrons. The molecule has 4 heteroatoms. The van der Waals surface area contributed by atoms with Crippen LogP contribution in [0.3, 0.4) is 0 Å². The van der Waals surface area contributed by atoms with Crippen molar-refractivity contribution in [3.05, 3.63) is 35.6 Å². The summed E-state index contributed by atoms with van der Waals surface area (Å²) in [7, 11) is 0. The van der Waals surface area contributed by atoms with Crippen LogP contribution in [0.2, 0.25) is 0 Å². The molecule has 17 heavy (non-hydrogen) atoms. The molecule has 0 saturated heterocycles. The predicted molar refractivity (Wildman–Crippen MR) is 64.5 cm³/mol. The summed E-state index contributed by atoms with van der Waals surface area (Å²) in [4.78, 5) is 11.4. The first-order valence-corrected chi connectivity index (χ1v) is 5.32. The molecule has 2 N–H and O–H groups in total. The number of hydrogen-bond donors (Lipinski definition) is 2. The molecule has 3 nitrogen and oxygen atoms in total. The molecular formula is C13H15FN2O. The van der Waals surface area contributed by atoms with Crippen LogP contribution in [0.5, 0.6) is 0 Å². The van der Waals surface area contributed by atoms with E-state index < -0.39 is 0 Å². The third kappa shape index (κ3) is 4.66. The van der Waals surface area contributed by atoms with E-state index >= 15 is 0 Å². The van der Waals surface area contributed by atoms with E-state index in [0.717, 1.165) is 5.56 Å². The highest BCUT2D eigenvalue weighted by atomic mass is 19.1. The molecule has 0 heterocycles. The molecule has 0 radical (unpaired) electrons. The Hall–Kier alpha value is -1.86. The van der Waals surface area contributed by atoms with E-state index in [1.54, 1.807) is 19.1 Å². The molecular weight excluding hydrogens is 219 g/mol. The van der Waals surface area contributed by atoms with Gasteiger partial charge in [-0.15, -0.1) is 6.42 Å². The number of carbonyl (C=O) groups is 1. The van der Waals surface area contributed by atoms with E-state index in [2.05, 4.69) is 16.6 Å². The zero-order valence-electron chi connectivity index (χ0n) is 9.66. The van der Waals surface area contributed by atoms with Crippen molar-refractivity contribution in [3.63, 3.8) is 0 Å². The first kappa shape index (κ1) is 13.2. The molecule has 0 aliphatic carbocycles. The van der Waals surface area contributed by atoms with Gasteiger partial charge in [0.25, 0.3) is 0 Å². The van der Waals surface area contributed by atoms with E-state index in [9.17, 15) is 9.18 Å². The summed E-state index contributed by atoms with van der Waals surface area (Å²) in [5.41, 5.74) is 0.919. The van der Waals surface area contributed by atoms with Crippen LogP contribution in [0.1, 0.15) is 12.5 Å². The lowest BCUT2D eigenvalue weighted by Gasteiger charge is -2.12. The zero-order valence-corrected chi connectivity index (χ0v) is 9.66. The standard InChI is InChI=1S/C13H15FN2O/c1-3-8-15-13(17)10(2)16-9-11-4-6-12(14)7-5-11/h1,4-7,10,16H,8-9H2,2H3,(H,15,17). The van der Waals surface area contributed by atoms with Crippen molar-refractivity contribution >= 4 is 5.91 Å². The molecule has 0 fully saturated rings. The lowest BCUT2D eigenvalue weighted by molar-refractivity contribution is -0.122. The molecule has 1 unspecified atom stereocenters. The van der Waals surface area contributed by atoms with Crippen LogP contribution in [-0.2, 0) is 11.3 Å². The minimum Gasteiger partial charge on any atom is -0.344 e. The Morgan fingerprint density at radius 1 is 1.47 bits per heavy atom. The van der Waals surface area contributed by atoms with Crippen molar-refractivity contribution in [2.24, 2.45) is 0 Å². The average Bonchev–Trinajstić information content (AvgIpc) is 2.34. The van der Waals surface area contributed by atoms with Crippen LogP contribution < -0.4 is 10.6 Å². The smallest absolute Gasteiger partial charge is 0.237 e. The maximum absolute atomic E-state index is 12.6. The Morgan fingerprint density at radius 2 is 2.12 bits per heavy atom. The fourth-order valence-corrected chi connectivity index (χ4v) is 1.26. The van der Waals surface area contributed by atoms with E-state index in [1.165, 1.54) is 12.1 Å². The molecule has 0 aromatic heterocycles. The number of benzene rings is 1. The van der Waals surface area contributed by atoms with Crippen LogP contribution in [0.15, 0.2) is 24.3 Å². The number of amides is 1. The molecule has 1 rings (SSSR count). The first-order valence-electron chi connectivity index (χ1n) is 5.32. The maximum atomic E-state index is 12.6. The fourth-order valence-electron chi connectivity index (χ4n) is 1.26. The summed E-state index contributed by atoms with van der Waals surface area (Å²) >= 11 is 0. The second kappa shape index (κ2) is 6.66. The van der Waals surface area contributed by atoms with Crippen molar-refractivity contribution < 1.29 is 9.18 Å². The SMILES string of the molecule is C#CCNC(=O)C(C)NCc1ccc(F)cc1. The van der Waals surface area contributed by atoms with Gasteiger partial charge in [-0.25, -0.2) is 4.39 Å². The lowest BCUT2D eigenvalue weighted by Crippen LogP contribution is -2.41. The van der Waals surface area contributed by atoms with Crippen molar-refractivity contribution in [1.82, 2.24) is 10.6 Å². The zero-order chi connectivity index (χ0) is 12.7. The van der Waals surface area contributed by atoms with Gasteiger partial charge in [0.15, 0.2) is 0 Å². The van der Waals surface area contributed by atoms with Crippen LogP contribution in [-0.4, -0.2) is 18.5 Å². The Morgan fingerprint density at radius 3 is 2.71 bits per heavy atom. The summed E-state index contributed by atoms with van der Waals surface area (Å²) in [5.74, 6) is 1.91. The second-order valence-corrected chi connectivity index (χ2v) is 3.65. The number of carbonyl (C=O) groups excluding carboxylic acids is 1. The highest BCUT2D eigenvalue weighted by Crippen LogP contribution is 2.02. The summed E-state index contributed by atoms with van der Waals surface area (Å²) in [5, 5.41) is 5.60. The second-order valence-electron chi connectivity index (χ2n) is 3.65. The van der Waals surface area contributed by atoms with Gasteiger partial charge in [0, 0.05) is 6.54 Å². The number of terminal acetylenes is 1. The highest BCUT2D eigenvalue weighted by Gasteiger charge is 2.10. The van der Waals surface area contributed by atoms with Gasteiger partial charge in [0.05, 0.1) is 12.6 Å². The Labute approximate surface area is 100 Å². The van der Waals surface area contributed by atoms with Crippen LogP contribution in [0, 0.1) is 18.2 Å². The van der Waals surface area contributed by atoms with Crippen molar-refractivity contribution in [1.29, 1.82) is 0 Å². The predicted octanol–water partition coefficient (Wildman–Crippen LogP) is 1.05. The molecule has 0 saturated carbocycles. The van der Waals surface area contributed by atoms with Gasteiger partial charge >= 0.3 is 0 Å². The van der Waals surface area contributed by atoms with Crippen molar-refractivity contribution in [2.75, 3.05) is 6.54 Å². The van der Waals surface area contributed by atoms with Gasteiger partial charge in [-0.05, 0) is 24.6 Å². The van der Waals surface area contributed by atoms with Gasteiger partial charge < -0.3 is 10.6 Å².